The zero-order valence-corrected chi connectivity index (χ0v) is 11.0. The maximum Gasteiger partial charge on any atom is 0.234 e. The van der Waals surface area contributed by atoms with Crippen molar-refractivity contribution in [3.8, 4) is 0 Å². The molecule has 2 aliphatic rings. The third kappa shape index (κ3) is 2.44. The van der Waals surface area contributed by atoms with Gasteiger partial charge in [0, 0.05) is 6.04 Å². The van der Waals surface area contributed by atoms with Crippen molar-refractivity contribution >= 4 is 11.7 Å². The van der Waals surface area contributed by atoms with Crippen molar-refractivity contribution in [2.24, 2.45) is 22.2 Å². The van der Waals surface area contributed by atoms with Crippen molar-refractivity contribution in [2.45, 2.75) is 57.9 Å². The molecule has 2 rings (SSSR count). The summed E-state index contributed by atoms with van der Waals surface area (Å²) < 4.78 is 0. The molecule has 2 fully saturated rings. The number of nitrogens with two attached hydrogens (primary N) is 1. The van der Waals surface area contributed by atoms with Crippen LogP contribution in [0, 0.1) is 11.3 Å². The van der Waals surface area contributed by atoms with Crippen molar-refractivity contribution in [3.63, 3.8) is 0 Å². The van der Waals surface area contributed by atoms with Crippen LogP contribution < -0.4 is 11.1 Å². The highest BCUT2D eigenvalue weighted by atomic mass is 16.4. The fourth-order valence-corrected chi connectivity index (χ4v) is 2.86. The molecule has 0 aromatic heterocycles. The highest BCUT2D eigenvalue weighted by Gasteiger charge is 2.46. The van der Waals surface area contributed by atoms with Gasteiger partial charge in [-0.2, -0.15) is 0 Å². The molecule has 0 aliphatic heterocycles. The Bertz CT molecular complexity index is 346. The van der Waals surface area contributed by atoms with Gasteiger partial charge in [-0.3, -0.25) is 4.79 Å². The van der Waals surface area contributed by atoms with E-state index in [1.165, 1.54) is 0 Å². The first-order chi connectivity index (χ1) is 8.60. The van der Waals surface area contributed by atoms with Gasteiger partial charge in [0.1, 0.15) is 5.41 Å². The van der Waals surface area contributed by atoms with E-state index in [1.54, 1.807) is 0 Å². The fourth-order valence-electron chi connectivity index (χ4n) is 2.86. The van der Waals surface area contributed by atoms with Crippen molar-refractivity contribution in [1.82, 2.24) is 5.32 Å². The zero-order valence-electron chi connectivity index (χ0n) is 11.0. The molecule has 0 aromatic rings. The molecule has 102 valence electrons. The van der Waals surface area contributed by atoms with Crippen LogP contribution in [0.2, 0.25) is 0 Å². The third-order valence-electron chi connectivity index (χ3n) is 4.42. The van der Waals surface area contributed by atoms with Crippen LogP contribution in [0.1, 0.15) is 51.9 Å². The van der Waals surface area contributed by atoms with Crippen LogP contribution in [0.4, 0.5) is 0 Å². The van der Waals surface area contributed by atoms with Crippen LogP contribution in [-0.2, 0) is 4.79 Å². The van der Waals surface area contributed by atoms with Gasteiger partial charge in [-0.05, 0) is 25.2 Å². The molecule has 0 aromatic carbocycles. The number of hydrogen-bond donors (Lipinski definition) is 3. The number of rotatable bonds is 3. The summed E-state index contributed by atoms with van der Waals surface area (Å²) in [7, 11) is 0. The first-order valence-electron chi connectivity index (χ1n) is 6.89. The van der Waals surface area contributed by atoms with E-state index in [0.717, 1.165) is 32.1 Å². The Morgan fingerprint density at radius 1 is 1.33 bits per heavy atom. The largest absolute Gasteiger partial charge is 0.409 e. The Morgan fingerprint density at radius 3 is 2.33 bits per heavy atom. The molecule has 0 saturated heterocycles. The minimum Gasteiger partial charge on any atom is -0.409 e. The molecule has 18 heavy (non-hydrogen) atoms. The lowest BCUT2D eigenvalue weighted by Crippen LogP contribution is -2.50. The summed E-state index contributed by atoms with van der Waals surface area (Å²) in [4.78, 5) is 12.5. The second-order valence-corrected chi connectivity index (χ2v) is 5.77. The number of hydrogen-bond acceptors (Lipinski definition) is 3. The van der Waals surface area contributed by atoms with Crippen molar-refractivity contribution in [1.29, 1.82) is 0 Å². The average molecular weight is 253 g/mol. The van der Waals surface area contributed by atoms with Crippen LogP contribution in [0.25, 0.3) is 0 Å². The number of nitrogens with one attached hydrogen (secondary N) is 1. The van der Waals surface area contributed by atoms with Crippen LogP contribution in [0.3, 0.4) is 0 Å². The van der Waals surface area contributed by atoms with Gasteiger partial charge in [-0.25, -0.2) is 0 Å². The van der Waals surface area contributed by atoms with Crippen molar-refractivity contribution in [3.05, 3.63) is 0 Å². The monoisotopic (exact) mass is 253 g/mol. The number of oxime groups is 1. The molecule has 2 saturated carbocycles. The highest BCUT2D eigenvalue weighted by molar-refractivity contribution is 6.06. The summed E-state index contributed by atoms with van der Waals surface area (Å²) in [5.74, 6) is 0.591. The predicted octanol–water partition coefficient (Wildman–Crippen LogP) is 1.60. The third-order valence-corrected chi connectivity index (χ3v) is 4.42. The van der Waals surface area contributed by atoms with Crippen molar-refractivity contribution < 1.29 is 10.0 Å². The van der Waals surface area contributed by atoms with E-state index in [9.17, 15) is 4.79 Å². The lowest BCUT2D eigenvalue weighted by molar-refractivity contribution is -0.128. The first-order valence-corrected chi connectivity index (χ1v) is 6.89. The molecule has 0 spiro atoms. The summed E-state index contributed by atoms with van der Waals surface area (Å²) in [6.07, 6.45) is 6.58. The number of carbonyl (C=O) groups is 1. The van der Waals surface area contributed by atoms with Crippen LogP contribution in [0.15, 0.2) is 5.16 Å². The van der Waals surface area contributed by atoms with Crippen LogP contribution >= 0.6 is 0 Å². The van der Waals surface area contributed by atoms with E-state index in [4.69, 9.17) is 10.9 Å². The fraction of sp³-hybridized carbons (Fsp3) is 0.846. The summed E-state index contributed by atoms with van der Waals surface area (Å²) in [5, 5.41) is 15.2. The van der Waals surface area contributed by atoms with E-state index in [-0.39, 0.29) is 17.8 Å². The first kappa shape index (κ1) is 13.2. The maximum absolute atomic E-state index is 12.5. The van der Waals surface area contributed by atoms with Crippen LogP contribution in [0.5, 0.6) is 0 Å². The number of amides is 1. The van der Waals surface area contributed by atoms with E-state index in [1.807, 2.05) is 0 Å². The number of carbonyl (C=O) groups excluding carboxylic acids is 1. The standard InChI is InChI=1S/C13H23N3O2/c1-9-8-10(9)15-12(17)13(11(14)16-18)6-4-2-3-5-7-13/h9-10,18H,2-8H2,1H3,(H2,14,16)(H,15,17). The molecule has 0 bridgehead atoms. The minimum absolute atomic E-state index is 0.0472. The molecule has 1 amide bonds. The molecule has 0 radical (unpaired) electrons. The highest BCUT2D eigenvalue weighted by Crippen LogP contribution is 2.37. The van der Waals surface area contributed by atoms with Crippen LogP contribution in [-0.4, -0.2) is 23.0 Å². The van der Waals surface area contributed by atoms with Gasteiger partial charge in [0.15, 0.2) is 5.84 Å². The molecule has 5 nitrogen and oxygen atoms in total. The van der Waals surface area contributed by atoms with E-state index < -0.39 is 5.41 Å². The van der Waals surface area contributed by atoms with Gasteiger partial charge in [0.2, 0.25) is 5.91 Å². The Hall–Kier alpha value is -1.26. The summed E-state index contributed by atoms with van der Waals surface area (Å²) >= 11 is 0. The SMILES string of the molecule is CC1CC1NC(=O)C1(C(N)=NO)CCCCCC1. The van der Waals surface area contributed by atoms with Gasteiger partial charge in [0.05, 0.1) is 0 Å². The van der Waals surface area contributed by atoms with Gasteiger partial charge in [0.25, 0.3) is 0 Å². The molecule has 4 N–H and O–H groups in total. The Kier molecular flexibility index (Phi) is 3.78. The average Bonchev–Trinajstić information content (AvgIpc) is 3.10. The summed E-state index contributed by atoms with van der Waals surface area (Å²) in [6.45, 7) is 2.12. The Morgan fingerprint density at radius 2 is 1.89 bits per heavy atom. The molecular formula is C13H23N3O2. The molecule has 2 unspecified atom stereocenters. The number of nitrogens with zero attached hydrogens (tertiary/aromatic N) is 1. The second-order valence-electron chi connectivity index (χ2n) is 5.77. The normalized spacial score (nSPS) is 31.5. The van der Waals surface area contributed by atoms with Gasteiger partial charge < -0.3 is 16.3 Å². The molecule has 2 aliphatic carbocycles. The summed E-state index contributed by atoms with van der Waals surface area (Å²) in [6, 6.07) is 0.282. The van der Waals surface area contributed by atoms with E-state index in [0.29, 0.717) is 18.8 Å². The van der Waals surface area contributed by atoms with Gasteiger partial charge >= 0.3 is 0 Å². The smallest absolute Gasteiger partial charge is 0.234 e. The molecule has 0 heterocycles. The minimum atomic E-state index is -0.784. The quantitative estimate of drug-likeness (QED) is 0.235. The Labute approximate surface area is 108 Å². The van der Waals surface area contributed by atoms with E-state index >= 15 is 0 Å². The van der Waals surface area contributed by atoms with Crippen molar-refractivity contribution in [2.75, 3.05) is 0 Å². The van der Waals surface area contributed by atoms with Gasteiger partial charge in [-0.15, -0.1) is 0 Å². The topological polar surface area (TPSA) is 87.7 Å². The lowest BCUT2D eigenvalue weighted by Gasteiger charge is -2.30. The lowest BCUT2D eigenvalue weighted by atomic mass is 9.78. The Balaban J connectivity index is 2.14. The molecule has 2 atom stereocenters. The number of amidine groups is 1. The predicted molar refractivity (Wildman–Crippen MR) is 69.3 cm³/mol. The molecule has 5 heteroatoms. The van der Waals surface area contributed by atoms with Gasteiger partial charge in [-0.1, -0.05) is 37.8 Å². The second kappa shape index (κ2) is 5.16. The van der Waals surface area contributed by atoms with E-state index in [2.05, 4.69) is 17.4 Å². The molecular weight excluding hydrogens is 230 g/mol. The maximum atomic E-state index is 12.5. The zero-order chi connectivity index (χ0) is 13.2. The summed E-state index contributed by atoms with van der Waals surface area (Å²) in [5.41, 5.74) is 5.04.